The van der Waals surface area contributed by atoms with Gasteiger partial charge in [0.2, 0.25) is 17.3 Å². The highest BCUT2D eigenvalue weighted by Crippen LogP contribution is 2.19. The molecule has 0 spiro atoms. The molecule has 0 N–H and O–H groups in total. The zero-order valence-corrected chi connectivity index (χ0v) is 9.53. The average Bonchev–Trinajstić information content (AvgIpc) is 2.35. The molecule has 0 aliphatic heterocycles. The van der Waals surface area contributed by atoms with Gasteiger partial charge in [0.05, 0.1) is 19.8 Å². The van der Waals surface area contributed by atoms with E-state index in [0.29, 0.717) is 0 Å². The molecule has 0 amide bonds. The summed E-state index contributed by atoms with van der Waals surface area (Å²) in [7, 11) is 0. The maximum absolute atomic E-state index is 11.8. The number of hydrogen-bond acceptors (Lipinski definition) is 6. The van der Waals surface area contributed by atoms with Crippen LogP contribution < -0.4 is 0 Å². The molecule has 0 aromatic rings. The van der Waals surface area contributed by atoms with E-state index in [1.165, 1.54) is 0 Å². The topological polar surface area (TPSA) is 78.9 Å². The summed E-state index contributed by atoms with van der Waals surface area (Å²) < 4.78 is 14.4. The molecule has 0 bridgehead atoms. The summed E-state index contributed by atoms with van der Waals surface area (Å²) in [5.74, 6) is -2.43. The van der Waals surface area contributed by atoms with E-state index in [1.807, 2.05) is 0 Å². The van der Waals surface area contributed by atoms with E-state index in [1.54, 1.807) is 0 Å². The number of hydrogen-bond donors (Lipinski definition) is 0. The smallest absolute Gasteiger partial charge is 0.205 e. The van der Waals surface area contributed by atoms with Gasteiger partial charge in [-0.2, -0.15) is 0 Å². The van der Waals surface area contributed by atoms with Crippen LogP contribution in [-0.4, -0.2) is 35.7 Å². The number of carbonyl (C=O) groups excluding carboxylic acids is 3. The van der Waals surface area contributed by atoms with E-state index < -0.39 is 35.7 Å². The van der Waals surface area contributed by atoms with Gasteiger partial charge in [-0.25, -0.2) is 0 Å². The number of Topliss-reactive ketones (excluding diaryl/α,β-unsaturated/α-hetero) is 3. The fourth-order valence-corrected chi connectivity index (χ4v) is 1.52. The van der Waals surface area contributed by atoms with Gasteiger partial charge < -0.3 is 14.2 Å². The highest BCUT2D eigenvalue weighted by Gasteiger charge is 2.51. The largest absolute Gasteiger partial charge is 0.356 e. The SMILES string of the molecule is [CH2][CH]OC1C(=O)C(O[CH][CH2])C(=O)C(O[CH][CH2])C1=O. The van der Waals surface area contributed by atoms with Gasteiger partial charge >= 0.3 is 0 Å². The van der Waals surface area contributed by atoms with Crippen LogP contribution in [0.5, 0.6) is 0 Å². The Bertz CT molecular complexity index is 267. The molecule has 0 aromatic carbocycles. The molecule has 0 saturated heterocycles. The predicted octanol–water partition coefficient (Wildman–Crippen LogP) is -0.149. The average molecular weight is 252 g/mol. The predicted molar refractivity (Wildman–Crippen MR) is 58.6 cm³/mol. The lowest BCUT2D eigenvalue weighted by Crippen LogP contribution is -2.59. The van der Waals surface area contributed by atoms with Crippen LogP contribution in [0.3, 0.4) is 0 Å². The molecule has 0 heterocycles. The van der Waals surface area contributed by atoms with Crippen molar-refractivity contribution < 1.29 is 28.6 Å². The second kappa shape index (κ2) is 6.72. The molecule has 1 saturated carbocycles. The molecule has 1 aliphatic carbocycles. The Morgan fingerprint density at radius 3 is 1.06 bits per heavy atom. The van der Waals surface area contributed by atoms with Crippen LogP contribution in [0.15, 0.2) is 0 Å². The van der Waals surface area contributed by atoms with Crippen molar-refractivity contribution in [3.8, 4) is 0 Å². The Kier molecular flexibility index (Phi) is 5.58. The van der Waals surface area contributed by atoms with Crippen molar-refractivity contribution in [2.45, 2.75) is 18.3 Å². The van der Waals surface area contributed by atoms with Crippen molar-refractivity contribution in [1.82, 2.24) is 0 Å². The minimum atomic E-state index is -1.48. The highest BCUT2D eigenvalue weighted by molar-refractivity contribution is 6.29. The van der Waals surface area contributed by atoms with Crippen LogP contribution in [0.1, 0.15) is 0 Å². The van der Waals surface area contributed by atoms with Gasteiger partial charge in [0.15, 0.2) is 18.3 Å². The van der Waals surface area contributed by atoms with Crippen molar-refractivity contribution in [2.24, 2.45) is 0 Å². The normalized spacial score (nSPS) is 28.8. The molecule has 6 heteroatoms. The first kappa shape index (κ1) is 14.9. The highest BCUT2D eigenvalue weighted by atomic mass is 16.5. The second-order valence-electron chi connectivity index (χ2n) is 3.26. The quantitative estimate of drug-likeness (QED) is 0.612. The fourth-order valence-electron chi connectivity index (χ4n) is 1.52. The minimum Gasteiger partial charge on any atom is -0.356 e. The number of rotatable bonds is 6. The molecule has 1 aliphatic rings. The Labute approximate surface area is 106 Å². The van der Waals surface area contributed by atoms with E-state index in [2.05, 4.69) is 20.8 Å². The van der Waals surface area contributed by atoms with E-state index >= 15 is 0 Å². The Hall–Kier alpha value is -1.11. The van der Waals surface area contributed by atoms with Gasteiger partial charge in [-0.15, -0.1) is 0 Å². The van der Waals surface area contributed by atoms with Crippen molar-refractivity contribution in [3.05, 3.63) is 40.6 Å². The molecular weight excluding hydrogens is 240 g/mol. The van der Waals surface area contributed by atoms with Crippen LogP contribution in [0.2, 0.25) is 0 Å². The number of ketones is 3. The lowest BCUT2D eigenvalue weighted by atomic mass is 9.88. The summed E-state index contributed by atoms with van der Waals surface area (Å²) in [4.78, 5) is 35.4. The van der Waals surface area contributed by atoms with Gasteiger partial charge in [-0.05, 0) is 20.8 Å². The van der Waals surface area contributed by atoms with Gasteiger partial charge in [-0.3, -0.25) is 14.4 Å². The van der Waals surface area contributed by atoms with Crippen LogP contribution in [0.25, 0.3) is 0 Å². The summed E-state index contributed by atoms with van der Waals surface area (Å²) in [5.41, 5.74) is 0. The standard InChI is InChI=1S/C12H12O6/c1-4-16-10-7(13)11(17-5-2)9(15)12(8(10)14)18-6-3/h4-6,10-12H,1-3H2. The van der Waals surface area contributed by atoms with Gasteiger partial charge in [0.1, 0.15) is 0 Å². The summed E-state index contributed by atoms with van der Waals surface area (Å²) in [5, 5.41) is 0. The summed E-state index contributed by atoms with van der Waals surface area (Å²) in [6.45, 7) is 12.6. The molecular formula is C12H12O6. The van der Waals surface area contributed by atoms with E-state index in [4.69, 9.17) is 14.2 Å². The summed E-state index contributed by atoms with van der Waals surface area (Å²) >= 11 is 0. The Morgan fingerprint density at radius 2 is 0.889 bits per heavy atom. The van der Waals surface area contributed by atoms with Gasteiger partial charge in [0.25, 0.3) is 0 Å². The maximum Gasteiger partial charge on any atom is 0.205 e. The third-order valence-corrected chi connectivity index (χ3v) is 2.25. The van der Waals surface area contributed by atoms with E-state index in [-0.39, 0.29) is 0 Å². The third-order valence-electron chi connectivity index (χ3n) is 2.25. The van der Waals surface area contributed by atoms with Crippen molar-refractivity contribution in [2.75, 3.05) is 0 Å². The first-order valence-corrected chi connectivity index (χ1v) is 4.98. The van der Waals surface area contributed by atoms with Crippen LogP contribution >= 0.6 is 0 Å². The first-order valence-electron chi connectivity index (χ1n) is 4.98. The molecule has 1 rings (SSSR count). The molecule has 0 atom stereocenters. The maximum atomic E-state index is 11.8. The Morgan fingerprint density at radius 1 is 0.667 bits per heavy atom. The molecule has 18 heavy (non-hydrogen) atoms. The van der Waals surface area contributed by atoms with Crippen molar-refractivity contribution >= 4 is 17.3 Å². The molecule has 6 radical (unpaired) electrons. The van der Waals surface area contributed by atoms with Crippen LogP contribution in [0, 0.1) is 40.6 Å². The van der Waals surface area contributed by atoms with Crippen LogP contribution in [-0.2, 0) is 28.6 Å². The molecule has 1 fully saturated rings. The first-order chi connectivity index (χ1) is 8.58. The zero-order valence-electron chi connectivity index (χ0n) is 9.53. The monoisotopic (exact) mass is 252 g/mol. The number of carbonyl (C=O) groups is 3. The second-order valence-corrected chi connectivity index (χ2v) is 3.26. The Balaban J connectivity index is 2.98. The van der Waals surface area contributed by atoms with E-state index in [0.717, 1.165) is 19.8 Å². The van der Waals surface area contributed by atoms with Gasteiger partial charge in [0, 0.05) is 0 Å². The molecule has 6 nitrogen and oxygen atoms in total. The molecule has 0 unspecified atom stereocenters. The van der Waals surface area contributed by atoms with Gasteiger partial charge in [-0.1, -0.05) is 0 Å². The summed E-state index contributed by atoms with van der Waals surface area (Å²) in [6, 6.07) is 0. The minimum absolute atomic E-state index is 0.811. The molecule has 0 aromatic heterocycles. The van der Waals surface area contributed by atoms with E-state index in [9.17, 15) is 14.4 Å². The third kappa shape index (κ3) is 2.82. The van der Waals surface area contributed by atoms with Crippen molar-refractivity contribution in [3.63, 3.8) is 0 Å². The fraction of sp³-hybridized carbons (Fsp3) is 0.250. The lowest BCUT2D eigenvalue weighted by molar-refractivity contribution is -0.166. The number of ether oxygens (including phenoxy) is 3. The lowest BCUT2D eigenvalue weighted by Gasteiger charge is -2.30. The molecule has 96 valence electrons. The summed E-state index contributed by atoms with van der Waals surface area (Å²) in [6.07, 6.45) is -4.43. The van der Waals surface area contributed by atoms with Crippen molar-refractivity contribution in [1.29, 1.82) is 0 Å². The zero-order chi connectivity index (χ0) is 13.7. The van der Waals surface area contributed by atoms with Crippen LogP contribution in [0.4, 0.5) is 0 Å².